The Morgan fingerprint density at radius 3 is 2.59 bits per heavy atom. The van der Waals surface area contributed by atoms with Crippen LogP contribution in [0.3, 0.4) is 0 Å². The number of aliphatic hydroxyl groups is 2. The van der Waals surface area contributed by atoms with E-state index in [1.54, 1.807) is 0 Å². The van der Waals surface area contributed by atoms with Crippen molar-refractivity contribution in [2.75, 3.05) is 0 Å². The lowest BCUT2D eigenvalue weighted by Crippen LogP contribution is -2.69. The summed E-state index contributed by atoms with van der Waals surface area (Å²) in [6.07, 6.45) is 1.78. The van der Waals surface area contributed by atoms with E-state index in [1.165, 1.54) is 13.0 Å². The molecule has 3 N–H and O–H groups in total. The van der Waals surface area contributed by atoms with Crippen LogP contribution in [0.2, 0.25) is 0 Å². The monoisotopic (exact) mass is 446 g/mol. The second-order valence-electron chi connectivity index (χ2n) is 10.8. The largest absolute Gasteiger partial charge is 0.508 e. The Bertz CT molecular complexity index is 954. The number of rotatable bonds is 3. The molecule has 176 valence electrons. The van der Waals surface area contributed by atoms with Gasteiger partial charge in [-0.05, 0) is 48.1 Å². The van der Waals surface area contributed by atoms with Crippen molar-refractivity contribution in [3.63, 3.8) is 0 Å². The van der Waals surface area contributed by atoms with E-state index in [2.05, 4.69) is 13.8 Å². The molecule has 1 aromatic carbocycles. The predicted octanol–water partition coefficient (Wildman–Crippen LogP) is 3.15. The maximum absolute atomic E-state index is 11.9. The first kappa shape index (κ1) is 23.1. The van der Waals surface area contributed by atoms with Crippen molar-refractivity contribution in [1.29, 1.82) is 0 Å². The number of aromatic hydroxyl groups is 1. The van der Waals surface area contributed by atoms with Crippen molar-refractivity contribution < 1.29 is 34.4 Å². The van der Waals surface area contributed by atoms with Gasteiger partial charge in [0.15, 0.2) is 6.29 Å². The quantitative estimate of drug-likeness (QED) is 0.483. The summed E-state index contributed by atoms with van der Waals surface area (Å²) in [5.41, 5.74) is -0.622. The lowest BCUT2D eigenvalue weighted by Gasteiger charge is -2.65. The Morgan fingerprint density at radius 2 is 2.00 bits per heavy atom. The van der Waals surface area contributed by atoms with Crippen molar-refractivity contribution >= 4 is 12.3 Å². The highest BCUT2D eigenvalue weighted by molar-refractivity contribution is 5.84. The van der Waals surface area contributed by atoms with Crippen LogP contribution in [0.25, 0.3) is 0 Å². The molecule has 32 heavy (non-hydrogen) atoms. The fourth-order valence-corrected chi connectivity index (χ4v) is 7.24. The third-order valence-corrected chi connectivity index (χ3v) is 8.87. The van der Waals surface area contributed by atoms with Gasteiger partial charge in [0, 0.05) is 24.3 Å². The zero-order valence-corrected chi connectivity index (χ0v) is 19.5. The summed E-state index contributed by atoms with van der Waals surface area (Å²) in [5.74, 6) is 0.0776. The van der Waals surface area contributed by atoms with E-state index in [-0.39, 0.29) is 29.8 Å². The van der Waals surface area contributed by atoms with Crippen molar-refractivity contribution in [1.82, 2.24) is 0 Å². The zero-order chi connectivity index (χ0) is 23.6. The van der Waals surface area contributed by atoms with Gasteiger partial charge < -0.3 is 24.8 Å². The van der Waals surface area contributed by atoms with E-state index in [0.29, 0.717) is 36.0 Å². The van der Waals surface area contributed by atoms with Gasteiger partial charge in [0.1, 0.15) is 23.2 Å². The van der Waals surface area contributed by atoms with Gasteiger partial charge in [-0.1, -0.05) is 27.7 Å². The number of ether oxygens (including phenoxy) is 2. The average Bonchev–Trinajstić information content (AvgIpc) is 3.13. The van der Waals surface area contributed by atoms with E-state index < -0.39 is 34.6 Å². The second-order valence-corrected chi connectivity index (χ2v) is 10.8. The Kier molecular flexibility index (Phi) is 5.37. The highest BCUT2D eigenvalue weighted by Crippen LogP contribution is 2.67. The highest BCUT2D eigenvalue weighted by atomic mass is 16.6. The van der Waals surface area contributed by atoms with Gasteiger partial charge in [-0.2, -0.15) is 0 Å². The van der Waals surface area contributed by atoms with Crippen LogP contribution in [0.1, 0.15) is 75.4 Å². The van der Waals surface area contributed by atoms with Crippen LogP contribution in [-0.2, 0) is 22.6 Å². The number of benzene rings is 1. The lowest BCUT2D eigenvalue weighted by atomic mass is 9.43. The van der Waals surface area contributed by atoms with Gasteiger partial charge in [0.25, 0.3) is 0 Å². The number of hydrogen-bond acceptors (Lipinski definition) is 7. The Labute approximate surface area is 188 Å². The van der Waals surface area contributed by atoms with E-state index in [1.807, 2.05) is 13.8 Å². The number of hydrogen-bond donors (Lipinski definition) is 3. The molecule has 0 aromatic heterocycles. The number of carbonyl (C=O) groups excluding carboxylic acids is 2. The van der Waals surface area contributed by atoms with Gasteiger partial charge in [-0.25, -0.2) is 0 Å². The molecule has 1 aliphatic heterocycles. The summed E-state index contributed by atoms with van der Waals surface area (Å²) in [5, 5.41) is 31.6. The number of fused-ring (bicyclic) bond motifs is 3. The van der Waals surface area contributed by atoms with E-state index in [9.17, 15) is 24.9 Å². The number of aldehydes is 1. The van der Waals surface area contributed by atoms with Crippen molar-refractivity contribution in [2.45, 2.75) is 84.7 Å². The highest BCUT2D eigenvalue weighted by Gasteiger charge is 2.69. The SMILES string of the molecule is CC(=O)OC1CC2(C)C(CCC(C)C23Cc2c(O)cc(CO)c(C=O)c2O3)C(C)(C)C1O. The first-order chi connectivity index (χ1) is 14.9. The molecule has 7 heteroatoms. The Morgan fingerprint density at radius 1 is 1.31 bits per heavy atom. The van der Waals surface area contributed by atoms with Crippen LogP contribution in [0.15, 0.2) is 6.07 Å². The molecule has 2 fully saturated rings. The number of aliphatic hydroxyl groups excluding tert-OH is 2. The number of esters is 1. The average molecular weight is 447 g/mol. The maximum atomic E-state index is 11.9. The van der Waals surface area contributed by atoms with Crippen LogP contribution in [0.5, 0.6) is 11.5 Å². The summed E-state index contributed by atoms with van der Waals surface area (Å²) < 4.78 is 12.3. The number of phenols is 1. The molecule has 3 aliphatic rings. The molecule has 1 aromatic rings. The molecule has 7 nitrogen and oxygen atoms in total. The van der Waals surface area contributed by atoms with Crippen LogP contribution < -0.4 is 4.74 Å². The fourth-order valence-electron chi connectivity index (χ4n) is 7.24. The second kappa shape index (κ2) is 7.45. The topological polar surface area (TPSA) is 113 Å². The molecular weight excluding hydrogens is 412 g/mol. The smallest absolute Gasteiger partial charge is 0.302 e. The van der Waals surface area contributed by atoms with Crippen LogP contribution in [0.4, 0.5) is 0 Å². The van der Waals surface area contributed by atoms with Crippen molar-refractivity contribution in [3.05, 3.63) is 22.8 Å². The van der Waals surface area contributed by atoms with E-state index >= 15 is 0 Å². The molecular formula is C25H34O7. The summed E-state index contributed by atoms with van der Waals surface area (Å²) in [6, 6.07) is 1.44. The number of carbonyl (C=O) groups is 2. The molecule has 6 atom stereocenters. The van der Waals surface area contributed by atoms with Crippen LogP contribution in [0, 0.1) is 22.7 Å². The molecule has 0 radical (unpaired) electrons. The van der Waals surface area contributed by atoms with Gasteiger partial charge >= 0.3 is 5.97 Å². The molecule has 0 bridgehead atoms. The normalized spacial score (nSPS) is 37.3. The fraction of sp³-hybridized carbons (Fsp3) is 0.680. The standard InChI is InChI=1S/C25H34O7/c1-13-6-7-20-23(3,4)22(30)19(31-14(2)28)10-24(20,5)25(13)9-16-18(29)8-15(11-26)17(12-27)21(16)32-25/h8,12-13,19-20,22,26,29-30H,6-7,9-11H2,1-5H3. The minimum absolute atomic E-state index is 0.0103. The zero-order valence-electron chi connectivity index (χ0n) is 19.5. The summed E-state index contributed by atoms with van der Waals surface area (Å²) in [6.45, 7) is 9.25. The predicted molar refractivity (Wildman–Crippen MR) is 116 cm³/mol. The molecule has 4 rings (SSSR count). The molecule has 1 spiro atoms. The maximum Gasteiger partial charge on any atom is 0.302 e. The van der Waals surface area contributed by atoms with Crippen molar-refractivity contribution in [2.24, 2.45) is 22.7 Å². The molecule has 6 unspecified atom stereocenters. The van der Waals surface area contributed by atoms with Gasteiger partial charge in [0.2, 0.25) is 0 Å². The number of phenolic OH excluding ortho intramolecular Hbond substituents is 1. The third kappa shape index (κ3) is 2.93. The summed E-state index contributed by atoms with van der Waals surface area (Å²) in [7, 11) is 0. The Balaban J connectivity index is 1.87. The van der Waals surface area contributed by atoms with E-state index in [4.69, 9.17) is 9.47 Å². The Hall–Kier alpha value is -2.12. The van der Waals surface area contributed by atoms with Gasteiger partial charge in [0.05, 0.1) is 18.3 Å². The first-order valence-electron chi connectivity index (χ1n) is 11.4. The van der Waals surface area contributed by atoms with E-state index in [0.717, 1.165) is 12.8 Å². The first-order valence-corrected chi connectivity index (χ1v) is 11.4. The minimum Gasteiger partial charge on any atom is -0.508 e. The van der Waals surface area contributed by atoms with Gasteiger partial charge in [-0.3, -0.25) is 9.59 Å². The van der Waals surface area contributed by atoms with Crippen LogP contribution >= 0.6 is 0 Å². The van der Waals surface area contributed by atoms with Crippen LogP contribution in [-0.4, -0.2) is 45.4 Å². The third-order valence-electron chi connectivity index (χ3n) is 8.87. The van der Waals surface area contributed by atoms with Gasteiger partial charge in [-0.15, -0.1) is 0 Å². The lowest BCUT2D eigenvalue weighted by molar-refractivity contribution is -0.245. The summed E-state index contributed by atoms with van der Waals surface area (Å²) in [4.78, 5) is 23.8. The minimum atomic E-state index is -0.807. The molecule has 2 saturated carbocycles. The molecule has 0 saturated heterocycles. The molecule has 2 aliphatic carbocycles. The molecule has 0 amide bonds. The summed E-state index contributed by atoms with van der Waals surface area (Å²) >= 11 is 0. The van der Waals surface area contributed by atoms with Crippen molar-refractivity contribution in [3.8, 4) is 11.5 Å². The molecule has 1 heterocycles.